The minimum absolute atomic E-state index is 0.0473. The van der Waals surface area contributed by atoms with Crippen LogP contribution in [0.4, 0.5) is 18.9 Å². The van der Waals surface area contributed by atoms with Gasteiger partial charge in [0, 0.05) is 11.7 Å². The van der Waals surface area contributed by atoms with Crippen LogP contribution in [0, 0.1) is 0 Å². The molecule has 0 saturated heterocycles. The van der Waals surface area contributed by atoms with Gasteiger partial charge in [0.25, 0.3) is 11.7 Å². The van der Waals surface area contributed by atoms with Crippen LogP contribution in [-0.2, 0) is 12.6 Å². The number of aromatic nitrogens is 4. The Morgan fingerprint density at radius 2 is 2.04 bits per heavy atom. The van der Waals surface area contributed by atoms with Gasteiger partial charge < -0.3 is 4.90 Å². The summed E-state index contributed by atoms with van der Waals surface area (Å²) in [5, 5.41) is 10.3. The fourth-order valence-corrected chi connectivity index (χ4v) is 3.63. The van der Waals surface area contributed by atoms with Crippen LogP contribution in [0.15, 0.2) is 24.3 Å². The number of benzene rings is 1. The molecule has 1 aliphatic rings. The molecule has 0 aliphatic carbocycles. The molecule has 1 unspecified atom stereocenters. The molecule has 0 N–H and O–H groups in total. The smallest absolute Gasteiger partial charge is 0.303 e. The fourth-order valence-electron chi connectivity index (χ4n) is 2.86. The lowest BCUT2D eigenvalue weighted by molar-refractivity contribution is -0.146. The van der Waals surface area contributed by atoms with Crippen LogP contribution in [0.1, 0.15) is 28.1 Å². The third kappa shape index (κ3) is 2.17. The van der Waals surface area contributed by atoms with E-state index in [0.29, 0.717) is 10.9 Å². The maximum Gasteiger partial charge on any atom is 0.453 e. The van der Waals surface area contributed by atoms with Gasteiger partial charge in [0.1, 0.15) is 0 Å². The zero-order valence-corrected chi connectivity index (χ0v) is 13.1. The quantitative estimate of drug-likeness (QED) is 0.675. The lowest BCUT2D eigenvalue weighted by Gasteiger charge is -2.21. The second-order valence-electron chi connectivity index (χ2n) is 5.48. The number of anilines is 1. The number of rotatable bonds is 1. The molecule has 0 radical (unpaired) electrons. The Morgan fingerprint density at radius 3 is 2.79 bits per heavy atom. The van der Waals surface area contributed by atoms with Gasteiger partial charge >= 0.3 is 6.18 Å². The zero-order chi connectivity index (χ0) is 17.1. The van der Waals surface area contributed by atoms with Crippen molar-refractivity contribution in [3.8, 4) is 0 Å². The Labute approximate surface area is 137 Å². The highest BCUT2D eigenvalue weighted by Gasteiger charge is 2.39. The first-order valence-corrected chi connectivity index (χ1v) is 7.89. The van der Waals surface area contributed by atoms with Crippen molar-refractivity contribution in [1.82, 2.24) is 19.8 Å². The predicted octanol–water partition coefficient (Wildman–Crippen LogP) is 2.80. The summed E-state index contributed by atoms with van der Waals surface area (Å²) in [5.41, 5.74) is 1.79. The van der Waals surface area contributed by atoms with E-state index in [0.717, 1.165) is 22.6 Å². The largest absolute Gasteiger partial charge is 0.453 e. The van der Waals surface area contributed by atoms with Gasteiger partial charge in [-0.3, -0.25) is 4.79 Å². The summed E-state index contributed by atoms with van der Waals surface area (Å²) < 4.78 is 39.2. The second kappa shape index (κ2) is 5.00. The lowest BCUT2D eigenvalue weighted by Crippen LogP contribution is -2.35. The lowest BCUT2D eigenvalue weighted by atomic mass is 10.1. The molecule has 24 heavy (non-hydrogen) atoms. The van der Waals surface area contributed by atoms with Gasteiger partial charge in [-0.15, -0.1) is 15.3 Å². The van der Waals surface area contributed by atoms with Crippen molar-refractivity contribution in [1.29, 1.82) is 0 Å². The van der Waals surface area contributed by atoms with E-state index >= 15 is 0 Å². The van der Waals surface area contributed by atoms with E-state index in [-0.39, 0.29) is 16.0 Å². The molecule has 1 aliphatic heterocycles. The molecule has 0 fully saturated rings. The Morgan fingerprint density at radius 1 is 1.29 bits per heavy atom. The minimum Gasteiger partial charge on any atom is -0.303 e. The molecule has 0 saturated carbocycles. The average molecular weight is 353 g/mol. The molecule has 3 aromatic rings. The van der Waals surface area contributed by atoms with E-state index in [1.54, 1.807) is 4.90 Å². The van der Waals surface area contributed by atoms with Gasteiger partial charge in [0.15, 0.2) is 0 Å². The summed E-state index contributed by atoms with van der Waals surface area (Å²) >= 11 is 0.793. The van der Waals surface area contributed by atoms with Crippen LogP contribution < -0.4 is 4.90 Å². The van der Waals surface area contributed by atoms with Crippen LogP contribution in [-0.4, -0.2) is 31.8 Å². The fraction of sp³-hybridized carbons (Fsp3) is 0.286. The number of hydrogen-bond acceptors (Lipinski definition) is 5. The molecule has 4 rings (SSSR count). The maximum absolute atomic E-state index is 12.9. The highest BCUT2D eigenvalue weighted by Crippen LogP contribution is 2.34. The van der Waals surface area contributed by atoms with Crippen molar-refractivity contribution < 1.29 is 18.0 Å². The molecule has 1 amide bonds. The van der Waals surface area contributed by atoms with Gasteiger partial charge in [-0.25, -0.2) is 0 Å². The molecule has 3 heterocycles. The van der Waals surface area contributed by atoms with Crippen molar-refractivity contribution in [3.05, 3.63) is 40.7 Å². The van der Waals surface area contributed by atoms with Crippen molar-refractivity contribution in [2.45, 2.75) is 25.6 Å². The monoisotopic (exact) mass is 353 g/mol. The normalized spacial score (nSPS) is 17.5. The number of fused-ring (bicyclic) bond motifs is 2. The van der Waals surface area contributed by atoms with E-state index in [1.807, 2.05) is 31.2 Å². The molecule has 1 aromatic carbocycles. The molecule has 0 bridgehead atoms. The van der Waals surface area contributed by atoms with Crippen molar-refractivity contribution in [2.24, 2.45) is 0 Å². The van der Waals surface area contributed by atoms with Crippen LogP contribution in [0.2, 0.25) is 0 Å². The standard InChI is InChI=1S/C14H10F3N5OS/c1-7-6-8-4-2-3-5-9(8)21(7)11(23)10-20-22-12(14(15,16)17)18-19-13(22)24-10/h2-5,7H,6H2,1H3. The van der Waals surface area contributed by atoms with E-state index in [1.165, 1.54) is 0 Å². The Balaban J connectivity index is 1.76. The van der Waals surface area contributed by atoms with Crippen LogP contribution in [0.5, 0.6) is 0 Å². The Kier molecular flexibility index (Phi) is 3.14. The van der Waals surface area contributed by atoms with Crippen LogP contribution in [0.25, 0.3) is 4.96 Å². The van der Waals surface area contributed by atoms with E-state index in [4.69, 9.17) is 0 Å². The third-order valence-corrected chi connectivity index (χ3v) is 4.74. The molecule has 2 aromatic heterocycles. The first-order chi connectivity index (χ1) is 11.4. The number of nitrogens with zero attached hydrogens (tertiary/aromatic N) is 5. The van der Waals surface area contributed by atoms with E-state index in [9.17, 15) is 18.0 Å². The molecule has 10 heteroatoms. The number of halogens is 3. The first-order valence-electron chi connectivity index (χ1n) is 7.07. The molecular weight excluding hydrogens is 343 g/mol. The number of para-hydroxylation sites is 1. The van der Waals surface area contributed by atoms with Gasteiger partial charge in [0.05, 0.1) is 0 Å². The summed E-state index contributed by atoms with van der Waals surface area (Å²) in [6, 6.07) is 7.36. The van der Waals surface area contributed by atoms with Gasteiger partial charge in [-0.1, -0.05) is 29.5 Å². The van der Waals surface area contributed by atoms with Crippen molar-refractivity contribution >= 4 is 27.9 Å². The summed E-state index contributed by atoms with van der Waals surface area (Å²) in [7, 11) is 0. The molecule has 0 spiro atoms. The maximum atomic E-state index is 12.9. The van der Waals surface area contributed by atoms with Gasteiger partial charge in [0.2, 0.25) is 9.97 Å². The summed E-state index contributed by atoms with van der Waals surface area (Å²) in [6.45, 7) is 1.89. The third-order valence-electron chi connectivity index (χ3n) is 3.85. The van der Waals surface area contributed by atoms with E-state index < -0.39 is 17.9 Å². The van der Waals surface area contributed by atoms with Crippen LogP contribution in [0.3, 0.4) is 0 Å². The number of carbonyl (C=O) groups is 1. The summed E-state index contributed by atoms with van der Waals surface area (Å²) in [5.74, 6) is -1.67. The number of alkyl halides is 3. The SMILES string of the molecule is CC1Cc2ccccc2N1C(=O)c1nn2c(C(F)(F)F)nnc2s1. The van der Waals surface area contributed by atoms with Crippen molar-refractivity contribution in [2.75, 3.05) is 4.90 Å². The van der Waals surface area contributed by atoms with Gasteiger partial charge in [-0.05, 0) is 25.0 Å². The first kappa shape index (κ1) is 15.1. The van der Waals surface area contributed by atoms with Crippen LogP contribution >= 0.6 is 11.3 Å². The topological polar surface area (TPSA) is 63.4 Å². The minimum atomic E-state index is -4.68. The Hall–Kier alpha value is -2.49. The number of carbonyl (C=O) groups excluding carboxylic acids is 1. The summed E-state index contributed by atoms with van der Waals surface area (Å²) in [6.07, 6.45) is -3.98. The molecule has 1 atom stereocenters. The predicted molar refractivity (Wildman–Crippen MR) is 80.1 cm³/mol. The van der Waals surface area contributed by atoms with E-state index in [2.05, 4.69) is 15.3 Å². The average Bonchev–Trinajstić information content (AvgIpc) is 3.15. The Bertz CT molecular complexity index is 947. The number of hydrogen-bond donors (Lipinski definition) is 0. The zero-order valence-electron chi connectivity index (χ0n) is 12.3. The van der Waals surface area contributed by atoms with Crippen molar-refractivity contribution in [3.63, 3.8) is 0 Å². The molecule has 124 valence electrons. The highest BCUT2D eigenvalue weighted by atomic mass is 32.1. The number of amides is 1. The van der Waals surface area contributed by atoms with Gasteiger partial charge in [-0.2, -0.15) is 17.7 Å². The highest BCUT2D eigenvalue weighted by molar-refractivity contribution is 7.18. The molecule has 6 nitrogen and oxygen atoms in total. The molecular formula is C14H10F3N5OS. The second-order valence-corrected chi connectivity index (χ2v) is 6.44. The summed E-state index contributed by atoms with van der Waals surface area (Å²) in [4.78, 5) is 14.3.